The van der Waals surface area contributed by atoms with Gasteiger partial charge in [-0.25, -0.2) is 0 Å². The quantitative estimate of drug-likeness (QED) is 0.823. The van der Waals surface area contributed by atoms with Gasteiger partial charge in [0, 0.05) is 17.8 Å². The van der Waals surface area contributed by atoms with Crippen LogP contribution in [0.2, 0.25) is 0 Å². The van der Waals surface area contributed by atoms with Crippen LogP contribution < -0.4 is 5.32 Å². The minimum Gasteiger partial charge on any atom is -0.392 e. The number of amides is 1. The summed E-state index contributed by atoms with van der Waals surface area (Å²) in [5.74, 6) is 0.0796. The van der Waals surface area contributed by atoms with Crippen molar-refractivity contribution in [2.45, 2.75) is 32.4 Å². The Labute approximate surface area is 123 Å². The monoisotopic (exact) mass is 289 g/mol. The summed E-state index contributed by atoms with van der Waals surface area (Å²) in [4.78, 5) is 13.1. The third kappa shape index (κ3) is 4.79. The Morgan fingerprint density at radius 1 is 1.20 bits per heavy atom. The fourth-order valence-corrected chi connectivity index (χ4v) is 2.76. The molecule has 1 aromatic heterocycles. The van der Waals surface area contributed by atoms with E-state index >= 15 is 0 Å². The molecule has 0 bridgehead atoms. The van der Waals surface area contributed by atoms with Gasteiger partial charge in [0.2, 0.25) is 5.91 Å². The Morgan fingerprint density at radius 2 is 2.05 bits per heavy atom. The average molecular weight is 289 g/mol. The molecule has 0 fully saturated rings. The van der Waals surface area contributed by atoms with E-state index < -0.39 is 0 Å². The molecule has 0 saturated heterocycles. The van der Waals surface area contributed by atoms with E-state index in [2.05, 4.69) is 16.8 Å². The van der Waals surface area contributed by atoms with Crippen molar-refractivity contribution in [2.75, 3.05) is 0 Å². The first-order valence-electron chi connectivity index (χ1n) is 6.75. The zero-order chi connectivity index (χ0) is 14.2. The van der Waals surface area contributed by atoms with Crippen LogP contribution in [0.4, 0.5) is 0 Å². The molecule has 0 aliphatic rings. The van der Waals surface area contributed by atoms with E-state index in [9.17, 15) is 4.79 Å². The zero-order valence-electron chi connectivity index (χ0n) is 11.3. The molecule has 3 nitrogen and oxygen atoms in total. The predicted octanol–water partition coefficient (Wildman–Crippen LogP) is 2.88. The minimum atomic E-state index is 0.0304. The Morgan fingerprint density at radius 3 is 2.80 bits per heavy atom. The predicted molar refractivity (Wildman–Crippen MR) is 81.5 cm³/mol. The second kappa shape index (κ2) is 7.82. The third-order valence-corrected chi connectivity index (χ3v) is 4.01. The van der Waals surface area contributed by atoms with Gasteiger partial charge in [-0.1, -0.05) is 30.3 Å². The van der Waals surface area contributed by atoms with Crippen molar-refractivity contribution < 1.29 is 9.90 Å². The molecule has 0 atom stereocenters. The summed E-state index contributed by atoms with van der Waals surface area (Å²) >= 11 is 1.73. The van der Waals surface area contributed by atoms with Gasteiger partial charge in [0.05, 0.1) is 6.61 Å². The highest BCUT2D eigenvalue weighted by Gasteiger charge is 2.03. The van der Waals surface area contributed by atoms with E-state index in [-0.39, 0.29) is 12.5 Å². The largest absolute Gasteiger partial charge is 0.392 e. The lowest BCUT2D eigenvalue weighted by molar-refractivity contribution is -0.121. The Balaban J connectivity index is 1.69. The van der Waals surface area contributed by atoms with Crippen molar-refractivity contribution in [1.82, 2.24) is 5.32 Å². The van der Waals surface area contributed by atoms with Gasteiger partial charge >= 0.3 is 0 Å². The number of carbonyl (C=O) groups is 1. The summed E-state index contributed by atoms with van der Waals surface area (Å²) in [6.07, 6.45) is 2.39. The van der Waals surface area contributed by atoms with Crippen LogP contribution in [0.1, 0.15) is 28.8 Å². The van der Waals surface area contributed by atoms with E-state index in [0.29, 0.717) is 13.0 Å². The summed E-state index contributed by atoms with van der Waals surface area (Å²) in [7, 11) is 0. The topological polar surface area (TPSA) is 49.3 Å². The third-order valence-electron chi connectivity index (χ3n) is 3.07. The molecule has 0 spiro atoms. The summed E-state index contributed by atoms with van der Waals surface area (Å²) in [6, 6.07) is 11.8. The van der Waals surface area contributed by atoms with Crippen molar-refractivity contribution in [2.24, 2.45) is 0 Å². The molecule has 20 heavy (non-hydrogen) atoms. The van der Waals surface area contributed by atoms with Crippen LogP contribution in [-0.2, 0) is 24.4 Å². The van der Waals surface area contributed by atoms with Crippen molar-refractivity contribution in [3.63, 3.8) is 0 Å². The maximum absolute atomic E-state index is 11.7. The van der Waals surface area contributed by atoms with E-state index in [1.54, 1.807) is 11.3 Å². The van der Waals surface area contributed by atoms with Gasteiger partial charge in [0.25, 0.3) is 0 Å². The van der Waals surface area contributed by atoms with Gasteiger partial charge in [0.15, 0.2) is 0 Å². The number of benzene rings is 1. The first kappa shape index (κ1) is 14.8. The Bertz CT molecular complexity index is 537. The molecule has 0 saturated carbocycles. The number of aliphatic hydroxyl groups is 1. The highest BCUT2D eigenvalue weighted by molar-refractivity contribution is 7.09. The molecule has 0 aliphatic heterocycles. The van der Waals surface area contributed by atoms with E-state index in [1.165, 1.54) is 4.88 Å². The lowest BCUT2D eigenvalue weighted by Crippen LogP contribution is -2.22. The van der Waals surface area contributed by atoms with Crippen molar-refractivity contribution in [3.8, 4) is 0 Å². The van der Waals surface area contributed by atoms with Gasteiger partial charge in [-0.05, 0) is 35.4 Å². The van der Waals surface area contributed by atoms with Gasteiger partial charge in [-0.2, -0.15) is 0 Å². The number of nitrogens with one attached hydrogen (secondary N) is 1. The number of thiophene rings is 1. The lowest BCUT2D eigenvalue weighted by Gasteiger charge is -2.06. The summed E-state index contributed by atoms with van der Waals surface area (Å²) in [6.45, 7) is 0.550. The fraction of sp³-hybridized carbons (Fsp3) is 0.312. The maximum Gasteiger partial charge on any atom is 0.220 e. The number of aliphatic hydroxyl groups excluding tert-OH is 1. The van der Waals surface area contributed by atoms with E-state index in [1.807, 2.05) is 30.3 Å². The summed E-state index contributed by atoms with van der Waals surface area (Å²) in [5, 5.41) is 14.0. The second-order valence-corrected chi connectivity index (χ2v) is 5.72. The Kier molecular flexibility index (Phi) is 5.77. The molecule has 0 aliphatic carbocycles. The van der Waals surface area contributed by atoms with Crippen LogP contribution in [0, 0.1) is 0 Å². The van der Waals surface area contributed by atoms with Crippen LogP contribution in [0.3, 0.4) is 0 Å². The minimum absolute atomic E-state index is 0.0304. The smallest absolute Gasteiger partial charge is 0.220 e. The summed E-state index contributed by atoms with van der Waals surface area (Å²) in [5.41, 5.74) is 1.89. The lowest BCUT2D eigenvalue weighted by atomic mass is 10.1. The standard InChI is InChI=1S/C16H19NO2S/c18-12-14-5-1-4-13(10-14)11-17-16(19)8-2-6-15-7-3-9-20-15/h1,3-5,7,9-10,18H,2,6,8,11-12H2,(H,17,19). The van der Waals surface area contributed by atoms with Gasteiger partial charge in [0.1, 0.15) is 0 Å². The number of aryl methyl sites for hydroxylation is 1. The zero-order valence-corrected chi connectivity index (χ0v) is 12.2. The van der Waals surface area contributed by atoms with Crippen molar-refractivity contribution >= 4 is 17.2 Å². The number of carbonyl (C=O) groups excluding carboxylic acids is 1. The number of hydrogen-bond donors (Lipinski definition) is 2. The Hall–Kier alpha value is -1.65. The second-order valence-electron chi connectivity index (χ2n) is 4.69. The fourth-order valence-electron chi connectivity index (χ4n) is 2.01. The summed E-state index contributed by atoms with van der Waals surface area (Å²) < 4.78 is 0. The van der Waals surface area contributed by atoms with E-state index in [4.69, 9.17) is 5.11 Å². The molecule has 1 amide bonds. The van der Waals surface area contributed by atoms with Crippen LogP contribution in [0.15, 0.2) is 41.8 Å². The molecule has 1 heterocycles. The van der Waals surface area contributed by atoms with Crippen LogP contribution in [0.5, 0.6) is 0 Å². The van der Waals surface area contributed by atoms with Crippen LogP contribution >= 0.6 is 11.3 Å². The first-order chi connectivity index (χ1) is 9.78. The first-order valence-corrected chi connectivity index (χ1v) is 7.63. The van der Waals surface area contributed by atoms with Gasteiger partial charge in [-0.15, -0.1) is 11.3 Å². The van der Waals surface area contributed by atoms with Crippen LogP contribution in [-0.4, -0.2) is 11.0 Å². The molecular weight excluding hydrogens is 270 g/mol. The molecule has 106 valence electrons. The highest BCUT2D eigenvalue weighted by atomic mass is 32.1. The normalized spacial score (nSPS) is 10.4. The molecule has 0 radical (unpaired) electrons. The molecule has 1 aromatic carbocycles. The van der Waals surface area contributed by atoms with Gasteiger partial charge in [-0.3, -0.25) is 4.79 Å². The molecule has 4 heteroatoms. The maximum atomic E-state index is 11.7. The molecule has 2 N–H and O–H groups in total. The van der Waals surface area contributed by atoms with Gasteiger partial charge < -0.3 is 10.4 Å². The average Bonchev–Trinajstić information content (AvgIpc) is 2.98. The molecular formula is C16H19NO2S. The van der Waals surface area contributed by atoms with Crippen molar-refractivity contribution in [1.29, 1.82) is 0 Å². The molecule has 2 aromatic rings. The van der Waals surface area contributed by atoms with Crippen LogP contribution in [0.25, 0.3) is 0 Å². The number of rotatable bonds is 7. The molecule has 0 unspecified atom stereocenters. The SMILES string of the molecule is O=C(CCCc1cccs1)NCc1cccc(CO)c1. The molecule has 2 rings (SSSR count). The highest BCUT2D eigenvalue weighted by Crippen LogP contribution is 2.12. The van der Waals surface area contributed by atoms with Crippen molar-refractivity contribution in [3.05, 3.63) is 57.8 Å². The number of hydrogen-bond acceptors (Lipinski definition) is 3. The van der Waals surface area contributed by atoms with E-state index in [0.717, 1.165) is 24.0 Å².